The Balaban J connectivity index is 2.26. The van der Waals surface area contributed by atoms with Crippen molar-refractivity contribution in [1.29, 1.82) is 0 Å². The fourth-order valence-electron chi connectivity index (χ4n) is 2.17. The minimum absolute atomic E-state index is 0.245. The van der Waals surface area contributed by atoms with Gasteiger partial charge in [0.1, 0.15) is 18.2 Å². The van der Waals surface area contributed by atoms with Crippen LogP contribution in [0, 0.1) is 0 Å². The van der Waals surface area contributed by atoms with Gasteiger partial charge in [0.05, 0.1) is 12.2 Å². The van der Waals surface area contributed by atoms with Gasteiger partial charge in [0.15, 0.2) is 0 Å². The Hall–Kier alpha value is -1.69. The van der Waals surface area contributed by atoms with E-state index in [0.717, 1.165) is 23.5 Å². The van der Waals surface area contributed by atoms with Crippen molar-refractivity contribution in [2.45, 2.75) is 26.0 Å². The van der Waals surface area contributed by atoms with Crippen LogP contribution in [0.15, 0.2) is 6.33 Å². The number of carbonyl (C=O) groups is 1. The molecule has 2 rings (SSSR count). The molecule has 6 heteroatoms. The number of aromatic nitrogens is 2. The third kappa shape index (κ3) is 2.28. The number of aliphatic hydroxyl groups is 1. The zero-order chi connectivity index (χ0) is 13.3. The highest BCUT2D eigenvalue weighted by Gasteiger charge is 2.26. The zero-order valence-corrected chi connectivity index (χ0v) is 10.9. The molecule has 0 fully saturated rings. The van der Waals surface area contributed by atoms with Crippen LogP contribution in [0.25, 0.3) is 0 Å². The Morgan fingerprint density at radius 1 is 1.50 bits per heavy atom. The van der Waals surface area contributed by atoms with Gasteiger partial charge in [0.2, 0.25) is 0 Å². The summed E-state index contributed by atoms with van der Waals surface area (Å²) in [6.07, 6.45) is 1.29. The van der Waals surface area contributed by atoms with E-state index in [0.29, 0.717) is 13.1 Å². The van der Waals surface area contributed by atoms with Crippen LogP contribution in [0.4, 0.5) is 5.82 Å². The lowest BCUT2D eigenvalue weighted by atomic mass is 10.0. The van der Waals surface area contributed by atoms with Crippen molar-refractivity contribution in [3.05, 3.63) is 17.6 Å². The lowest BCUT2D eigenvalue weighted by Crippen LogP contribution is -2.41. The molecule has 0 aromatic carbocycles. The van der Waals surface area contributed by atoms with Crippen molar-refractivity contribution < 1.29 is 9.90 Å². The third-order valence-corrected chi connectivity index (χ3v) is 3.08. The number of carbonyl (C=O) groups excluding carboxylic acids is 1. The number of fused-ring (bicyclic) bond motifs is 1. The molecular formula is C12H18N4O2. The van der Waals surface area contributed by atoms with E-state index in [4.69, 9.17) is 0 Å². The first kappa shape index (κ1) is 12.8. The van der Waals surface area contributed by atoms with Crippen molar-refractivity contribution >= 4 is 11.7 Å². The zero-order valence-electron chi connectivity index (χ0n) is 10.9. The Kier molecular flexibility index (Phi) is 3.47. The average Bonchev–Trinajstić information content (AvgIpc) is 2.36. The lowest BCUT2D eigenvalue weighted by molar-refractivity contribution is -0.140. The van der Waals surface area contributed by atoms with Gasteiger partial charge in [-0.25, -0.2) is 9.97 Å². The summed E-state index contributed by atoms with van der Waals surface area (Å²) in [5, 5.41) is 9.33. The molecule has 1 aliphatic rings. The molecule has 0 aliphatic carbocycles. The van der Waals surface area contributed by atoms with E-state index >= 15 is 0 Å². The predicted molar refractivity (Wildman–Crippen MR) is 67.2 cm³/mol. The maximum Gasteiger partial charge on any atom is 0.251 e. The van der Waals surface area contributed by atoms with Gasteiger partial charge in [-0.15, -0.1) is 0 Å². The summed E-state index contributed by atoms with van der Waals surface area (Å²) in [6.45, 7) is 2.54. The first-order chi connectivity index (χ1) is 8.50. The summed E-state index contributed by atoms with van der Waals surface area (Å²) >= 11 is 0. The van der Waals surface area contributed by atoms with Crippen LogP contribution in [0.5, 0.6) is 0 Å². The van der Waals surface area contributed by atoms with Gasteiger partial charge < -0.3 is 14.9 Å². The molecule has 1 atom stereocenters. The molecule has 1 amide bonds. The number of hydrogen-bond acceptors (Lipinski definition) is 5. The molecule has 0 bridgehead atoms. The molecule has 0 spiro atoms. The largest absolute Gasteiger partial charge is 0.384 e. The fraction of sp³-hybridized carbons (Fsp3) is 0.583. The van der Waals surface area contributed by atoms with Crippen LogP contribution in [0.2, 0.25) is 0 Å². The van der Waals surface area contributed by atoms with Gasteiger partial charge >= 0.3 is 0 Å². The molecule has 18 heavy (non-hydrogen) atoms. The predicted octanol–water partition coefficient (Wildman–Crippen LogP) is -0.192. The number of rotatable bonds is 2. The van der Waals surface area contributed by atoms with E-state index in [1.165, 1.54) is 13.3 Å². The molecule has 1 unspecified atom stereocenters. The molecule has 0 saturated carbocycles. The van der Waals surface area contributed by atoms with Gasteiger partial charge in [-0.1, -0.05) is 0 Å². The van der Waals surface area contributed by atoms with Crippen LogP contribution in [-0.4, -0.2) is 52.6 Å². The number of hydrogen-bond donors (Lipinski definition) is 1. The molecule has 0 radical (unpaired) electrons. The van der Waals surface area contributed by atoms with Gasteiger partial charge in [0.25, 0.3) is 5.91 Å². The topological polar surface area (TPSA) is 69.6 Å². The highest BCUT2D eigenvalue weighted by Crippen LogP contribution is 2.24. The fourth-order valence-corrected chi connectivity index (χ4v) is 2.17. The summed E-state index contributed by atoms with van der Waals surface area (Å²) < 4.78 is 0. The minimum Gasteiger partial charge on any atom is -0.384 e. The summed E-state index contributed by atoms with van der Waals surface area (Å²) in [5.74, 6) is 0.662. The van der Waals surface area contributed by atoms with Crippen molar-refractivity contribution in [2.75, 3.05) is 25.5 Å². The Labute approximate surface area is 106 Å². The van der Waals surface area contributed by atoms with Crippen LogP contribution in [0.1, 0.15) is 18.2 Å². The first-order valence-corrected chi connectivity index (χ1v) is 5.97. The smallest absolute Gasteiger partial charge is 0.251 e. The second-order valence-electron chi connectivity index (χ2n) is 4.70. The molecule has 1 N–H and O–H groups in total. The maximum atomic E-state index is 11.7. The standard InChI is InChI=1S/C12H18N4O2/c1-8(17)12(18)16-5-4-9-10(6-16)13-7-14-11(9)15(2)3/h7-8,17H,4-6H2,1-3H3. The summed E-state index contributed by atoms with van der Waals surface area (Å²) in [6, 6.07) is 0. The molecule has 6 nitrogen and oxygen atoms in total. The number of nitrogens with zero attached hydrogens (tertiary/aromatic N) is 4. The minimum atomic E-state index is -0.957. The number of amides is 1. The average molecular weight is 250 g/mol. The van der Waals surface area contributed by atoms with E-state index in [1.807, 2.05) is 19.0 Å². The highest BCUT2D eigenvalue weighted by molar-refractivity contribution is 5.80. The number of anilines is 1. The van der Waals surface area contributed by atoms with E-state index in [-0.39, 0.29) is 5.91 Å². The van der Waals surface area contributed by atoms with Crippen LogP contribution < -0.4 is 4.90 Å². The van der Waals surface area contributed by atoms with Crippen LogP contribution in [0.3, 0.4) is 0 Å². The molecule has 0 saturated heterocycles. The normalized spacial score (nSPS) is 16.1. The molecule has 98 valence electrons. The van der Waals surface area contributed by atoms with Gasteiger partial charge in [-0.2, -0.15) is 0 Å². The second-order valence-corrected chi connectivity index (χ2v) is 4.70. The lowest BCUT2D eigenvalue weighted by Gasteiger charge is -2.30. The molecular weight excluding hydrogens is 232 g/mol. The van der Waals surface area contributed by atoms with E-state index < -0.39 is 6.10 Å². The van der Waals surface area contributed by atoms with Gasteiger partial charge in [-0.05, 0) is 13.3 Å². The maximum absolute atomic E-state index is 11.7. The molecule has 2 heterocycles. The Morgan fingerprint density at radius 2 is 2.22 bits per heavy atom. The van der Waals surface area contributed by atoms with Crippen molar-refractivity contribution in [3.63, 3.8) is 0 Å². The van der Waals surface area contributed by atoms with Crippen LogP contribution >= 0.6 is 0 Å². The first-order valence-electron chi connectivity index (χ1n) is 5.97. The van der Waals surface area contributed by atoms with E-state index in [1.54, 1.807) is 4.90 Å². The Bertz CT molecular complexity index is 459. The van der Waals surface area contributed by atoms with Crippen molar-refractivity contribution in [3.8, 4) is 0 Å². The van der Waals surface area contributed by atoms with E-state index in [9.17, 15) is 9.90 Å². The Morgan fingerprint density at radius 3 is 2.83 bits per heavy atom. The van der Waals surface area contributed by atoms with Crippen molar-refractivity contribution in [1.82, 2.24) is 14.9 Å². The van der Waals surface area contributed by atoms with Crippen LogP contribution in [-0.2, 0) is 17.8 Å². The second kappa shape index (κ2) is 4.89. The molecule has 1 aliphatic heterocycles. The van der Waals surface area contributed by atoms with Gasteiger partial charge in [-0.3, -0.25) is 4.79 Å². The number of aliphatic hydroxyl groups excluding tert-OH is 1. The summed E-state index contributed by atoms with van der Waals surface area (Å²) in [7, 11) is 3.88. The monoisotopic (exact) mass is 250 g/mol. The molecule has 1 aromatic rings. The van der Waals surface area contributed by atoms with Gasteiger partial charge in [0, 0.05) is 26.2 Å². The summed E-state index contributed by atoms with van der Waals surface area (Å²) in [5.41, 5.74) is 1.96. The summed E-state index contributed by atoms with van der Waals surface area (Å²) in [4.78, 5) is 23.8. The quantitative estimate of drug-likeness (QED) is 0.787. The molecule has 1 aromatic heterocycles. The SMILES string of the molecule is CC(O)C(=O)N1CCc2c(ncnc2N(C)C)C1. The van der Waals surface area contributed by atoms with E-state index in [2.05, 4.69) is 9.97 Å². The highest BCUT2D eigenvalue weighted by atomic mass is 16.3. The van der Waals surface area contributed by atoms with Crippen molar-refractivity contribution in [2.24, 2.45) is 0 Å². The third-order valence-electron chi connectivity index (χ3n) is 3.08.